The van der Waals surface area contributed by atoms with E-state index in [-0.39, 0.29) is 0 Å². The lowest BCUT2D eigenvalue weighted by molar-refractivity contribution is -0.162. The van der Waals surface area contributed by atoms with Crippen LogP contribution in [0.5, 0.6) is 0 Å². The Hall–Kier alpha value is -1.36. The standard InChI is InChI=1S/C13H22O5/c1-3-5-6-7-10-17-12(15)8-9-13(16)18-11(14)4-2/h8-9,11,14H,3-7,10H2,1-2H3/b9-8-. The van der Waals surface area contributed by atoms with Crippen molar-refractivity contribution in [3.63, 3.8) is 0 Å². The predicted molar refractivity (Wildman–Crippen MR) is 66.6 cm³/mol. The zero-order valence-electron chi connectivity index (χ0n) is 11.1. The van der Waals surface area contributed by atoms with Crippen LogP contribution in [0.4, 0.5) is 0 Å². The lowest BCUT2D eigenvalue weighted by Gasteiger charge is -2.06. The van der Waals surface area contributed by atoms with Gasteiger partial charge in [-0.1, -0.05) is 33.1 Å². The molecule has 5 nitrogen and oxygen atoms in total. The summed E-state index contributed by atoms with van der Waals surface area (Å²) in [6.45, 7) is 4.13. The van der Waals surface area contributed by atoms with Crippen molar-refractivity contribution in [2.45, 2.75) is 52.2 Å². The maximum atomic E-state index is 11.2. The summed E-state index contributed by atoms with van der Waals surface area (Å²) < 4.78 is 9.40. The quantitative estimate of drug-likeness (QED) is 0.296. The van der Waals surface area contributed by atoms with Gasteiger partial charge in [-0.2, -0.15) is 0 Å². The van der Waals surface area contributed by atoms with E-state index in [1.165, 1.54) is 0 Å². The molecule has 0 rings (SSSR count). The summed E-state index contributed by atoms with van der Waals surface area (Å²) in [5.41, 5.74) is 0. The maximum absolute atomic E-state index is 11.2. The fraction of sp³-hybridized carbons (Fsp3) is 0.692. The average Bonchev–Trinajstić information content (AvgIpc) is 2.36. The Bertz CT molecular complexity index is 273. The van der Waals surface area contributed by atoms with Crippen LogP contribution in [0.2, 0.25) is 0 Å². The Labute approximate surface area is 108 Å². The molecule has 0 bridgehead atoms. The predicted octanol–water partition coefficient (Wildman–Crippen LogP) is 1.94. The van der Waals surface area contributed by atoms with Crippen molar-refractivity contribution < 1.29 is 24.2 Å². The van der Waals surface area contributed by atoms with E-state index in [9.17, 15) is 9.59 Å². The third-order valence-electron chi connectivity index (χ3n) is 2.20. The van der Waals surface area contributed by atoms with Crippen LogP contribution in [0, 0.1) is 0 Å². The normalized spacial score (nSPS) is 12.4. The van der Waals surface area contributed by atoms with Gasteiger partial charge in [-0.05, 0) is 6.42 Å². The smallest absolute Gasteiger partial charge is 0.333 e. The minimum Gasteiger partial charge on any atom is -0.463 e. The molecular weight excluding hydrogens is 236 g/mol. The summed E-state index contributed by atoms with van der Waals surface area (Å²) in [5.74, 6) is -1.33. The van der Waals surface area contributed by atoms with Gasteiger partial charge in [0.1, 0.15) is 0 Å². The summed E-state index contributed by atoms with van der Waals surface area (Å²) in [5, 5.41) is 9.02. The minimum atomic E-state index is -1.13. The first-order valence-electron chi connectivity index (χ1n) is 6.33. The maximum Gasteiger partial charge on any atom is 0.333 e. The molecule has 0 aromatic heterocycles. The van der Waals surface area contributed by atoms with Gasteiger partial charge in [0.05, 0.1) is 6.61 Å². The molecule has 0 saturated carbocycles. The molecule has 0 fully saturated rings. The van der Waals surface area contributed by atoms with E-state index in [1.54, 1.807) is 6.92 Å². The Morgan fingerprint density at radius 2 is 1.78 bits per heavy atom. The van der Waals surface area contributed by atoms with Crippen molar-refractivity contribution in [1.82, 2.24) is 0 Å². The van der Waals surface area contributed by atoms with Crippen LogP contribution in [0.1, 0.15) is 46.0 Å². The van der Waals surface area contributed by atoms with Crippen LogP contribution in [-0.2, 0) is 19.1 Å². The van der Waals surface area contributed by atoms with Gasteiger partial charge >= 0.3 is 11.9 Å². The number of unbranched alkanes of at least 4 members (excludes halogenated alkanes) is 3. The largest absolute Gasteiger partial charge is 0.463 e. The van der Waals surface area contributed by atoms with Gasteiger partial charge in [0.25, 0.3) is 0 Å². The highest BCUT2D eigenvalue weighted by molar-refractivity contribution is 5.91. The third-order valence-corrected chi connectivity index (χ3v) is 2.20. The highest BCUT2D eigenvalue weighted by Crippen LogP contribution is 1.99. The molecule has 0 spiro atoms. The summed E-state index contributed by atoms with van der Waals surface area (Å²) in [7, 11) is 0. The SMILES string of the molecule is CCCCCCOC(=O)/C=C\C(=O)OC(O)CC. The molecule has 5 heteroatoms. The zero-order chi connectivity index (χ0) is 13.8. The van der Waals surface area contributed by atoms with Crippen LogP contribution in [0.25, 0.3) is 0 Å². The molecule has 0 aliphatic heterocycles. The van der Waals surface area contributed by atoms with Gasteiger partial charge in [0.15, 0.2) is 0 Å². The molecule has 1 unspecified atom stereocenters. The second-order valence-corrected chi connectivity index (χ2v) is 3.86. The van der Waals surface area contributed by atoms with Crippen LogP contribution >= 0.6 is 0 Å². The average molecular weight is 258 g/mol. The van der Waals surface area contributed by atoms with Crippen molar-refractivity contribution >= 4 is 11.9 Å². The molecule has 0 aliphatic carbocycles. The fourth-order valence-electron chi connectivity index (χ4n) is 1.14. The molecule has 1 N–H and O–H groups in total. The molecule has 0 aliphatic rings. The van der Waals surface area contributed by atoms with E-state index in [1.807, 2.05) is 0 Å². The first kappa shape index (κ1) is 16.6. The van der Waals surface area contributed by atoms with E-state index in [0.29, 0.717) is 13.0 Å². The number of carbonyl (C=O) groups is 2. The van der Waals surface area contributed by atoms with E-state index in [0.717, 1.165) is 37.8 Å². The number of hydrogen-bond acceptors (Lipinski definition) is 5. The lowest BCUT2D eigenvalue weighted by atomic mass is 10.2. The molecule has 1 atom stereocenters. The van der Waals surface area contributed by atoms with Gasteiger partial charge in [0, 0.05) is 18.6 Å². The molecule has 0 radical (unpaired) electrons. The van der Waals surface area contributed by atoms with Crippen LogP contribution in [-0.4, -0.2) is 29.9 Å². The molecule has 18 heavy (non-hydrogen) atoms. The monoisotopic (exact) mass is 258 g/mol. The topological polar surface area (TPSA) is 72.8 Å². The molecule has 0 saturated heterocycles. The number of hydrogen-bond donors (Lipinski definition) is 1. The first-order valence-corrected chi connectivity index (χ1v) is 6.33. The Balaban J connectivity index is 3.69. The van der Waals surface area contributed by atoms with Gasteiger partial charge in [-0.15, -0.1) is 0 Å². The number of esters is 2. The summed E-state index contributed by atoms with van der Waals surface area (Å²) in [4.78, 5) is 22.2. The zero-order valence-corrected chi connectivity index (χ0v) is 11.1. The van der Waals surface area contributed by atoms with E-state index >= 15 is 0 Å². The van der Waals surface area contributed by atoms with Gasteiger partial charge in [0.2, 0.25) is 6.29 Å². The third kappa shape index (κ3) is 9.84. The second-order valence-electron chi connectivity index (χ2n) is 3.86. The number of rotatable bonds is 9. The van der Waals surface area contributed by atoms with Gasteiger partial charge < -0.3 is 14.6 Å². The van der Waals surface area contributed by atoms with E-state index < -0.39 is 18.2 Å². The summed E-state index contributed by atoms with van der Waals surface area (Å²) >= 11 is 0. The molecular formula is C13H22O5. The Morgan fingerprint density at radius 3 is 2.39 bits per heavy atom. The first-order chi connectivity index (χ1) is 8.60. The number of aliphatic hydroxyl groups is 1. The lowest BCUT2D eigenvalue weighted by Crippen LogP contribution is -2.15. The number of aliphatic hydroxyl groups excluding tert-OH is 1. The molecule has 104 valence electrons. The molecule has 0 aromatic rings. The molecule has 0 aromatic carbocycles. The second kappa shape index (κ2) is 10.8. The number of ether oxygens (including phenoxy) is 2. The van der Waals surface area contributed by atoms with Crippen molar-refractivity contribution in [2.75, 3.05) is 6.61 Å². The summed E-state index contributed by atoms with van der Waals surface area (Å²) in [6, 6.07) is 0. The van der Waals surface area contributed by atoms with Crippen molar-refractivity contribution in [1.29, 1.82) is 0 Å². The van der Waals surface area contributed by atoms with Crippen molar-refractivity contribution in [2.24, 2.45) is 0 Å². The Morgan fingerprint density at radius 1 is 1.11 bits per heavy atom. The molecule has 0 amide bonds. The van der Waals surface area contributed by atoms with Crippen LogP contribution in [0.3, 0.4) is 0 Å². The van der Waals surface area contributed by atoms with E-state index in [4.69, 9.17) is 9.84 Å². The highest BCUT2D eigenvalue weighted by atomic mass is 16.6. The van der Waals surface area contributed by atoms with Gasteiger partial charge in [-0.3, -0.25) is 0 Å². The summed E-state index contributed by atoms with van der Waals surface area (Å²) in [6.07, 6.45) is 5.23. The van der Waals surface area contributed by atoms with Crippen molar-refractivity contribution in [3.8, 4) is 0 Å². The Kier molecular flexibility index (Phi) is 9.96. The van der Waals surface area contributed by atoms with Crippen LogP contribution < -0.4 is 0 Å². The van der Waals surface area contributed by atoms with Crippen LogP contribution in [0.15, 0.2) is 12.2 Å². The number of carbonyl (C=O) groups excluding carboxylic acids is 2. The highest BCUT2D eigenvalue weighted by Gasteiger charge is 2.06. The van der Waals surface area contributed by atoms with Crippen molar-refractivity contribution in [3.05, 3.63) is 12.2 Å². The van der Waals surface area contributed by atoms with Gasteiger partial charge in [-0.25, -0.2) is 9.59 Å². The minimum absolute atomic E-state index is 0.307. The fourth-order valence-corrected chi connectivity index (χ4v) is 1.14. The molecule has 0 heterocycles. The van der Waals surface area contributed by atoms with E-state index in [2.05, 4.69) is 11.7 Å².